The number of hydrogen-bond donors (Lipinski definition) is 0. The number of rotatable bonds is 4. The van der Waals surface area contributed by atoms with Crippen molar-refractivity contribution in [2.24, 2.45) is 0 Å². The summed E-state index contributed by atoms with van der Waals surface area (Å²) in [6.07, 6.45) is 0. The Bertz CT molecular complexity index is 826. The number of thioether (sulfide) groups is 1. The van der Waals surface area contributed by atoms with Crippen LogP contribution in [-0.2, 0) is 5.41 Å². The van der Waals surface area contributed by atoms with Crippen LogP contribution in [0.4, 0.5) is 0 Å². The fourth-order valence-electron chi connectivity index (χ4n) is 2.48. The molecule has 0 amide bonds. The number of ketones is 1. The molecule has 0 unspecified atom stereocenters. The van der Waals surface area contributed by atoms with E-state index in [2.05, 4.69) is 44.0 Å². The van der Waals surface area contributed by atoms with Gasteiger partial charge < -0.3 is 0 Å². The molecule has 0 aliphatic heterocycles. The van der Waals surface area contributed by atoms with Crippen molar-refractivity contribution in [1.82, 2.24) is 4.98 Å². The summed E-state index contributed by atoms with van der Waals surface area (Å²) in [6, 6.07) is 16.1. The zero-order chi connectivity index (χ0) is 17.3. The van der Waals surface area contributed by atoms with E-state index in [1.165, 1.54) is 17.3 Å². The van der Waals surface area contributed by atoms with Crippen molar-refractivity contribution in [2.75, 3.05) is 0 Å². The minimum absolute atomic E-state index is 0.100. The second kappa shape index (κ2) is 6.69. The Morgan fingerprint density at radius 3 is 2.38 bits per heavy atom. The molecule has 1 atom stereocenters. The number of fused-ring (bicyclic) bond motifs is 1. The topological polar surface area (TPSA) is 30.0 Å². The number of carbonyl (C=O) groups excluding carboxylic acids is 1. The van der Waals surface area contributed by atoms with E-state index in [0.717, 1.165) is 20.1 Å². The Balaban J connectivity index is 1.74. The van der Waals surface area contributed by atoms with Gasteiger partial charge in [-0.1, -0.05) is 68.9 Å². The van der Waals surface area contributed by atoms with Crippen molar-refractivity contribution < 1.29 is 4.79 Å². The molecule has 2 nitrogen and oxygen atoms in total. The van der Waals surface area contributed by atoms with Crippen LogP contribution in [0, 0.1) is 0 Å². The minimum atomic E-state index is -0.147. The highest BCUT2D eigenvalue weighted by Gasteiger charge is 2.20. The van der Waals surface area contributed by atoms with E-state index >= 15 is 0 Å². The van der Waals surface area contributed by atoms with E-state index in [4.69, 9.17) is 0 Å². The fourth-order valence-corrected chi connectivity index (χ4v) is 4.76. The molecule has 4 heteroatoms. The highest BCUT2D eigenvalue weighted by Crippen LogP contribution is 2.33. The van der Waals surface area contributed by atoms with Crippen LogP contribution >= 0.6 is 23.1 Å². The lowest BCUT2D eigenvalue weighted by atomic mass is 9.86. The average Bonchev–Trinajstić information content (AvgIpc) is 2.95. The lowest BCUT2D eigenvalue weighted by Gasteiger charge is -2.19. The monoisotopic (exact) mass is 355 g/mol. The van der Waals surface area contributed by atoms with Crippen LogP contribution in [0.25, 0.3) is 10.2 Å². The number of para-hydroxylation sites is 1. The third kappa shape index (κ3) is 3.70. The molecule has 0 radical (unpaired) electrons. The van der Waals surface area contributed by atoms with E-state index in [0.29, 0.717) is 0 Å². The fraction of sp³-hybridized carbons (Fsp3) is 0.300. The summed E-state index contributed by atoms with van der Waals surface area (Å²) in [5.74, 6) is 0.153. The highest BCUT2D eigenvalue weighted by atomic mass is 32.2. The Kier molecular flexibility index (Phi) is 4.79. The molecular weight excluding hydrogens is 334 g/mol. The number of nitrogens with zero attached hydrogens (tertiary/aromatic N) is 1. The first-order chi connectivity index (χ1) is 11.3. The van der Waals surface area contributed by atoms with Gasteiger partial charge >= 0.3 is 0 Å². The molecule has 0 fully saturated rings. The second-order valence-electron chi connectivity index (χ2n) is 6.90. The van der Waals surface area contributed by atoms with Crippen LogP contribution in [0.3, 0.4) is 0 Å². The number of carbonyl (C=O) groups is 1. The summed E-state index contributed by atoms with van der Waals surface area (Å²) in [5.41, 5.74) is 3.11. The Hall–Kier alpha value is -1.65. The summed E-state index contributed by atoms with van der Waals surface area (Å²) in [4.78, 5) is 17.3. The molecule has 0 saturated carbocycles. The summed E-state index contributed by atoms with van der Waals surface area (Å²) >= 11 is 3.18. The summed E-state index contributed by atoms with van der Waals surface area (Å²) in [7, 11) is 0. The molecule has 24 heavy (non-hydrogen) atoms. The van der Waals surface area contributed by atoms with Crippen LogP contribution in [0.5, 0.6) is 0 Å². The van der Waals surface area contributed by atoms with Gasteiger partial charge in [0.25, 0.3) is 0 Å². The molecule has 1 heterocycles. The average molecular weight is 356 g/mol. The highest BCUT2D eigenvalue weighted by molar-refractivity contribution is 8.02. The summed E-state index contributed by atoms with van der Waals surface area (Å²) in [6.45, 7) is 8.48. The molecule has 2 aromatic carbocycles. The maximum Gasteiger partial charge on any atom is 0.175 e. The third-order valence-electron chi connectivity index (χ3n) is 3.96. The predicted octanol–water partition coefficient (Wildman–Crippen LogP) is 5.96. The zero-order valence-electron chi connectivity index (χ0n) is 14.4. The first-order valence-corrected chi connectivity index (χ1v) is 9.71. The van der Waals surface area contributed by atoms with E-state index in [1.807, 2.05) is 37.3 Å². The van der Waals surface area contributed by atoms with Crippen molar-refractivity contribution in [3.63, 3.8) is 0 Å². The van der Waals surface area contributed by atoms with Gasteiger partial charge in [0.1, 0.15) is 0 Å². The number of thiazole rings is 1. The molecular formula is C20H21NOS2. The van der Waals surface area contributed by atoms with Crippen LogP contribution in [0.15, 0.2) is 52.9 Å². The van der Waals surface area contributed by atoms with Crippen molar-refractivity contribution in [2.45, 2.75) is 42.7 Å². The lowest BCUT2D eigenvalue weighted by molar-refractivity contribution is 0.0994. The molecule has 0 spiro atoms. The van der Waals surface area contributed by atoms with Gasteiger partial charge in [-0.05, 0) is 30.0 Å². The van der Waals surface area contributed by atoms with Gasteiger partial charge in [-0.15, -0.1) is 11.3 Å². The molecule has 124 valence electrons. The lowest BCUT2D eigenvalue weighted by Crippen LogP contribution is -2.15. The SMILES string of the molecule is C[C@@H](Sc1nc2ccccc2s1)C(=O)c1ccc(C(C)(C)C)cc1. The maximum absolute atomic E-state index is 12.7. The number of benzene rings is 2. The Morgan fingerprint density at radius 2 is 1.75 bits per heavy atom. The van der Waals surface area contributed by atoms with Crippen molar-refractivity contribution in [3.05, 3.63) is 59.7 Å². The van der Waals surface area contributed by atoms with Gasteiger partial charge in [-0.3, -0.25) is 4.79 Å². The van der Waals surface area contributed by atoms with Gasteiger partial charge in [-0.2, -0.15) is 0 Å². The molecule has 0 saturated heterocycles. The molecule has 0 aliphatic rings. The van der Waals surface area contributed by atoms with Gasteiger partial charge in [0.2, 0.25) is 0 Å². The maximum atomic E-state index is 12.7. The van der Waals surface area contributed by atoms with Crippen molar-refractivity contribution in [1.29, 1.82) is 0 Å². The van der Waals surface area contributed by atoms with Gasteiger partial charge in [0, 0.05) is 5.56 Å². The number of Topliss-reactive ketones (excluding diaryl/α,β-unsaturated/α-hetero) is 1. The summed E-state index contributed by atoms with van der Waals surface area (Å²) < 4.78 is 2.11. The Morgan fingerprint density at radius 1 is 1.08 bits per heavy atom. The number of aromatic nitrogens is 1. The third-order valence-corrected chi connectivity index (χ3v) is 6.19. The molecule has 3 aromatic rings. The smallest absolute Gasteiger partial charge is 0.175 e. The zero-order valence-corrected chi connectivity index (χ0v) is 16.0. The molecule has 0 aliphatic carbocycles. The van der Waals surface area contributed by atoms with Crippen molar-refractivity contribution in [3.8, 4) is 0 Å². The summed E-state index contributed by atoms with van der Waals surface area (Å²) in [5, 5.41) is -0.147. The first kappa shape index (κ1) is 17.2. The normalized spacial score (nSPS) is 13.2. The molecule has 0 bridgehead atoms. The van der Waals surface area contributed by atoms with Crippen LogP contribution in [-0.4, -0.2) is 16.0 Å². The standard InChI is InChI=1S/C20H21NOS2/c1-13(23-19-21-16-7-5-6-8-17(16)24-19)18(22)14-9-11-15(12-10-14)20(2,3)4/h5-13H,1-4H3/t13-/m1/s1. The van der Waals surface area contributed by atoms with E-state index in [1.54, 1.807) is 11.3 Å². The molecule has 1 aromatic heterocycles. The van der Waals surface area contributed by atoms with Crippen molar-refractivity contribution >= 4 is 39.1 Å². The van der Waals surface area contributed by atoms with Gasteiger partial charge in [0.05, 0.1) is 15.5 Å². The Labute approximate surface area is 151 Å². The molecule has 0 N–H and O–H groups in total. The minimum Gasteiger partial charge on any atom is -0.293 e. The second-order valence-corrected chi connectivity index (χ2v) is 9.52. The van der Waals surface area contributed by atoms with E-state index in [9.17, 15) is 4.79 Å². The van der Waals surface area contributed by atoms with Crippen LogP contribution in [0.2, 0.25) is 0 Å². The number of hydrogen-bond acceptors (Lipinski definition) is 4. The van der Waals surface area contributed by atoms with Gasteiger partial charge in [-0.25, -0.2) is 4.98 Å². The van der Waals surface area contributed by atoms with Crippen LogP contribution in [0.1, 0.15) is 43.6 Å². The molecule has 3 rings (SSSR count). The quantitative estimate of drug-likeness (QED) is 0.427. The van der Waals surface area contributed by atoms with Gasteiger partial charge in [0.15, 0.2) is 10.1 Å². The van der Waals surface area contributed by atoms with E-state index < -0.39 is 0 Å². The first-order valence-electron chi connectivity index (χ1n) is 8.01. The van der Waals surface area contributed by atoms with E-state index in [-0.39, 0.29) is 16.4 Å². The predicted molar refractivity (Wildman–Crippen MR) is 104 cm³/mol. The van der Waals surface area contributed by atoms with Crippen LogP contribution < -0.4 is 0 Å². The largest absolute Gasteiger partial charge is 0.293 e.